The van der Waals surface area contributed by atoms with Crippen molar-refractivity contribution in [2.75, 3.05) is 0 Å². The summed E-state index contributed by atoms with van der Waals surface area (Å²) in [4.78, 5) is 0. The Morgan fingerprint density at radius 3 is 2.45 bits per heavy atom. The lowest BCUT2D eigenvalue weighted by Gasteiger charge is -2.37. The van der Waals surface area contributed by atoms with Gasteiger partial charge in [0.1, 0.15) is 5.75 Å². The lowest BCUT2D eigenvalue weighted by atomic mass is 9.69. The summed E-state index contributed by atoms with van der Waals surface area (Å²) in [6.45, 7) is 10.4. The smallest absolute Gasteiger partial charge is 0.138 e. The van der Waals surface area contributed by atoms with Crippen LogP contribution in [0.3, 0.4) is 0 Å². The Labute approximate surface area is 138 Å². The SMILES string of the molecule is CC1=CC[C@H](O)C([C@@H](c2cc(C)cc(Cl)c2O)C(C)(C)C)=C1. The lowest BCUT2D eigenvalue weighted by Crippen LogP contribution is -2.28. The summed E-state index contributed by atoms with van der Waals surface area (Å²) < 4.78 is 0. The molecular weight excluding hydrogens is 296 g/mol. The van der Waals surface area contributed by atoms with Crippen LogP contribution in [-0.2, 0) is 0 Å². The number of aryl methyl sites for hydroxylation is 1. The van der Waals surface area contributed by atoms with E-state index in [1.165, 1.54) is 0 Å². The highest BCUT2D eigenvalue weighted by molar-refractivity contribution is 6.32. The molecule has 1 aliphatic rings. The predicted molar refractivity (Wildman–Crippen MR) is 92.5 cm³/mol. The summed E-state index contributed by atoms with van der Waals surface area (Å²) in [6.07, 6.45) is 4.17. The van der Waals surface area contributed by atoms with Crippen LogP contribution in [0.4, 0.5) is 0 Å². The summed E-state index contributed by atoms with van der Waals surface area (Å²) in [6, 6.07) is 3.73. The lowest BCUT2D eigenvalue weighted by molar-refractivity contribution is 0.187. The topological polar surface area (TPSA) is 40.5 Å². The van der Waals surface area contributed by atoms with Gasteiger partial charge in [0.25, 0.3) is 0 Å². The van der Waals surface area contributed by atoms with E-state index in [-0.39, 0.29) is 17.1 Å². The number of aliphatic hydroxyl groups is 1. The highest BCUT2D eigenvalue weighted by atomic mass is 35.5. The third-order valence-electron chi connectivity index (χ3n) is 4.19. The number of allylic oxidation sites excluding steroid dienone is 2. The molecule has 0 unspecified atom stereocenters. The van der Waals surface area contributed by atoms with Crippen molar-refractivity contribution in [2.45, 2.75) is 53.1 Å². The van der Waals surface area contributed by atoms with Gasteiger partial charge in [-0.15, -0.1) is 0 Å². The van der Waals surface area contributed by atoms with Crippen molar-refractivity contribution in [3.05, 3.63) is 51.6 Å². The van der Waals surface area contributed by atoms with Crippen molar-refractivity contribution in [1.29, 1.82) is 0 Å². The van der Waals surface area contributed by atoms with E-state index in [9.17, 15) is 10.2 Å². The average Bonchev–Trinajstić information content (AvgIpc) is 2.38. The van der Waals surface area contributed by atoms with Crippen molar-refractivity contribution in [3.63, 3.8) is 0 Å². The zero-order chi connectivity index (χ0) is 16.7. The predicted octanol–water partition coefficient (Wildman–Crippen LogP) is 5.12. The van der Waals surface area contributed by atoms with Gasteiger partial charge in [-0.3, -0.25) is 0 Å². The van der Waals surface area contributed by atoms with Gasteiger partial charge in [-0.25, -0.2) is 0 Å². The number of phenols is 1. The second kappa shape index (κ2) is 6.10. The second-order valence-electron chi connectivity index (χ2n) is 7.33. The zero-order valence-corrected chi connectivity index (χ0v) is 14.7. The molecule has 1 aliphatic carbocycles. The van der Waals surface area contributed by atoms with Gasteiger partial charge in [0.05, 0.1) is 11.1 Å². The molecule has 120 valence electrons. The molecule has 0 heterocycles. The molecule has 2 nitrogen and oxygen atoms in total. The molecule has 0 aromatic heterocycles. The third kappa shape index (κ3) is 3.39. The normalized spacial score (nSPS) is 20.4. The molecule has 0 bridgehead atoms. The van der Waals surface area contributed by atoms with Crippen LogP contribution in [0.25, 0.3) is 0 Å². The Balaban J connectivity index is 2.66. The Hall–Kier alpha value is -1.25. The number of phenolic OH excluding ortho intramolecular Hbond substituents is 1. The second-order valence-corrected chi connectivity index (χ2v) is 7.73. The fourth-order valence-electron chi connectivity index (χ4n) is 3.25. The molecule has 2 rings (SSSR count). The Morgan fingerprint density at radius 1 is 1.23 bits per heavy atom. The summed E-state index contributed by atoms with van der Waals surface area (Å²) in [5.41, 5.74) is 3.74. The van der Waals surface area contributed by atoms with E-state index in [0.29, 0.717) is 11.4 Å². The Kier molecular flexibility index (Phi) is 4.74. The maximum atomic E-state index is 10.5. The van der Waals surface area contributed by atoms with Gasteiger partial charge < -0.3 is 10.2 Å². The quantitative estimate of drug-likeness (QED) is 0.794. The maximum Gasteiger partial charge on any atom is 0.138 e. The molecule has 1 aromatic carbocycles. The van der Waals surface area contributed by atoms with Crippen LogP contribution in [0.2, 0.25) is 5.02 Å². The molecule has 22 heavy (non-hydrogen) atoms. The molecule has 0 saturated heterocycles. The molecule has 0 radical (unpaired) electrons. The molecule has 0 spiro atoms. The van der Waals surface area contributed by atoms with Gasteiger partial charge in [-0.1, -0.05) is 56.2 Å². The van der Waals surface area contributed by atoms with Crippen molar-refractivity contribution >= 4 is 11.6 Å². The summed E-state index contributed by atoms with van der Waals surface area (Å²) in [7, 11) is 0. The minimum atomic E-state index is -0.522. The van der Waals surface area contributed by atoms with E-state index < -0.39 is 6.10 Å². The molecule has 0 fully saturated rings. The number of aromatic hydroxyl groups is 1. The highest BCUT2D eigenvalue weighted by Crippen LogP contribution is 2.48. The minimum absolute atomic E-state index is 0.0939. The maximum absolute atomic E-state index is 10.5. The first-order valence-corrected chi connectivity index (χ1v) is 8.04. The fraction of sp³-hybridized carbons (Fsp3) is 0.474. The van der Waals surface area contributed by atoms with Gasteiger partial charge in [0.2, 0.25) is 0 Å². The Morgan fingerprint density at radius 2 is 1.86 bits per heavy atom. The zero-order valence-electron chi connectivity index (χ0n) is 13.9. The molecule has 2 N–H and O–H groups in total. The molecule has 1 aromatic rings. The summed E-state index contributed by atoms with van der Waals surface area (Å²) in [5, 5.41) is 21.3. The number of hydrogen-bond donors (Lipinski definition) is 2. The average molecular weight is 321 g/mol. The van der Waals surface area contributed by atoms with E-state index in [0.717, 1.165) is 22.3 Å². The molecule has 3 heteroatoms. The van der Waals surface area contributed by atoms with Crippen molar-refractivity contribution in [3.8, 4) is 5.75 Å². The van der Waals surface area contributed by atoms with Crippen LogP contribution >= 0.6 is 11.6 Å². The van der Waals surface area contributed by atoms with Crippen molar-refractivity contribution in [2.24, 2.45) is 5.41 Å². The fourth-order valence-corrected chi connectivity index (χ4v) is 3.54. The molecule has 0 saturated carbocycles. The van der Waals surface area contributed by atoms with E-state index >= 15 is 0 Å². The molecule has 2 atom stereocenters. The van der Waals surface area contributed by atoms with Crippen LogP contribution in [0, 0.1) is 12.3 Å². The number of benzene rings is 1. The van der Waals surface area contributed by atoms with E-state index in [1.54, 1.807) is 6.07 Å². The number of halogens is 1. The van der Waals surface area contributed by atoms with Gasteiger partial charge in [-0.2, -0.15) is 0 Å². The van der Waals surface area contributed by atoms with Crippen LogP contribution in [0.5, 0.6) is 5.75 Å². The van der Waals surface area contributed by atoms with Gasteiger partial charge in [-0.05, 0) is 42.9 Å². The monoisotopic (exact) mass is 320 g/mol. The third-order valence-corrected chi connectivity index (χ3v) is 4.48. The molecule has 0 aliphatic heterocycles. The minimum Gasteiger partial charge on any atom is -0.506 e. The van der Waals surface area contributed by atoms with E-state index in [1.807, 2.05) is 32.1 Å². The standard InChI is InChI=1S/C19H25ClO2/c1-11-6-7-16(21)13(8-11)17(19(3,4)5)14-9-12(2)10-15(20)18(14)22/h6,8-10,16-17,21-22H,7H2,1-5H3/t16-,17-/m0/s1. The first-order valence-electron chi connectivity index (χ1n) is 7.66. The van der Waals surface area contributed by atoms with Crippen molar-refractivity contribution in [1.82, 2.24) is 0 Å². The van der Waals surface area contributed by atoms with Gasteiger partial charge in [0.15, 0.2) is 0 Å². The van der Waals surface area contributed by atoms with Crippen molar-refractivity contribution < 1.29 is 10.2 Å². The van der Waals surface area contributed by atoms with E-state index in [4.69, 9.17) is 11.6 Å². The van der Waals surface area contributed by atoms with E-state index in [2.05, 4.69) is 20.8 Å². The van der Waals surface area contributed by atoms with Gasteiger partial charge in [0, 0.05) is 11.5 Å². The number of aliphatic hydroxyl groups excluding tert-OH is 1. The largest absolute Gasteiger partial charge is 0.506 e. The number of hydrogen-bond acceptors (Lipinski definition) is 2. The first-order chi connectivity index (χ1) is 10.1. The van der Waals surface area contributed by atoms with Crippen LogP contribution in [0.15, 0.2) is 35.4 Å². The highest BCUT2D eigenvalue weighted by Gasteiger charge is 2.35. The van der Waals surface area contributed by atoms with Crippen LogP contribution in [0.1, 0.15) is 51.2 Å². The number of rotatable bonds is 2. The van der Waals surface area contributed by atoms with Gasteiger partial charge >= 0.3 is 0 Å². The summed E-state index contributed by atoms with van der Waals surface area (Å²) in [5.74, 6) is 0.0241. The van der Waals surface area contributed by atoms with Crippen LogP contribution in [-0.4, -0.2) is 16.3 Å². The summed E-state index contributed by atoms with van der Waals surface area (Å²) >= 11 is 6.17. The first kappa shape index (κ1) is 17.1. The Bertz CT molecular complexity index is 636. The molecule has 0 amide bonds. The molecular formula is C19H25ClO2. The van der Waals surface area contributed by atoms with Crippen LogP contribution < -0.4 is 0 Å².